The number of amides is 1. The van der Waals surface area contributed by atoms with Crippen LogP contribution >= 0.6 is 0 Å². The highest BCUT2D eigenvalue weighted by Crippen LogP contribution is 2.53. The molecule has 0 aromatic heterocycles. The zero-order valence-corrected chi connectivity index (χ0v) is 23.7. The first-order valence-corrected chi connectivity index (χ1v) is 14.0. The van der Waals surface area contributed by atoms with Crippen molar-refractivity contribution in [2.45, 2.75) is 31.3 Å². The number of fused-ring (bicyclic) bond motifs is 3. The molecule has 0 bridgehead atoms. The first kappa shape index (κ1) is 28.9. The molecule has 0 aliphatic heterocycles. The highest BCUT2D eigenvalue weighted by molar-refractivity contribution is 6.22. The number of benzene rings is 3. The van der Waals surface area contributed by atoms with Crippen LogP contribution in [0.2, 0.25) is 0 Å². The Kier molecular flexibility index (Phi) is 6.89. The van der Waals surface area contributed by atoms with Gasteiger partial charge >= 0.3 is 0 Å². The normalized spacial score (nSPS) is 22.7. The number of phenolic OH excluding ortho intramolecular Hbond substituents is 1. The molecule has 10 nitrogen and oxygen atoms in total. The fourth-order valence-corrected chi connectivity index (χ4v) is 6.76. The van der Waals surface area contributed by atoms with Gasteiger partial charge in [-0.3, -0.25) is 19.2 Å². The number of aliphatic hydroxyl groups excluding tert-OH is 2. The first-order valence-electron chi connectivity index (χ1n) is 14.0. The standard InChI is InChI=1S/C34H29NO9/c1-44-21-8-6-18(7-9-21)25(37)12-16-2-4-17(5-3-16)22-10-11-24(36)28-23(22)14-19-13-20-15-26(38)29(33(35)42)32(41)34(20,43)31(40)27(19)30(28)39/h2-11,19-20,36,39,41,43H,12-15H2,1H3,(H2,35,42)/t19-,20+,34+/m1/s1. The number of hydrogen-bond donors (Lipinski definition) is 5. The summed E-state index contributed by atoms with van der Waals surface area (Å²) in [6.45, 7) is 0. The van der Waals surface area contributed by atoms with Gasteiger partial charge in [-0.2, -0.15) is 0 Å². The van der Waals surface area contributed by atoms with Gasteiger partial charge in [0.05, 0.1) is 12.7 Å². The van der Waals surface area contributed by atoms with E-state index in [4.69, 9.17) is 10.5 Å². The van der Waals surface area contributed by atoms with Crippen molar-refractivity contribution in [3.8, 4) is 22.6 Å². The number of phenols is 1. The predicted molar refractivity (Wildman–Crippen MR) is 158 cm³/mol. The van der Waals surface area contributed by atoms with Gasteiger partial charge in [0.15, 0.2) is 17.2 Å². The number of rotatable bonds is 6. The Morgan fingerprint density at radius 1 is 0.955 bits per heavy atom. The zero-order valence-electron chi connectivity index (χ0n) is 23.7. The Labute approximate surface area is 251 Å². The van der Waals surface area contributed by atoms with Gasteiger partial charge in [0, 0.05) is 29.9 Å². The number of ketones is 3. The lowest BCUT2D eigenvalue weighted by molar-refractivity contribution is -0.147. The van der Waals surface area contributed by atoms with Crippen LogP contribution < -0.4 is 10.5 Å². The molecule has 44 heavy (non-hydrogen) atoms. The van der Waals surface area contributed by atoms with Gasteiger partial charge in [-0.1, -0.05) is 30.3 Å². The molecule has 1 amide bonds. The third kappa shape index (κ3) is 4.37. The summed E-state index contributed by atoms with van der Waals surface area (Å²) in [5.41, 5.74) is 4.98. The molecule has 3 aromatic carbocycles. The van der Waals surface area contributed by atoms with Crippen molar-refractivity contribution in [3.63, 3.8) is 0 Å². The lowest BCUT2D eigenvalue weighted by Gasteiger charge is -2.46. The summed E-state index contributed by atoms with van der Waals surface area (Å²) >= 11 is 0. The summed E-state index contributed by atoms with van der Waals surface area (Å²) in [6.07, 6.45) is 0.0327. The number of methoxy groups -OCH3 is 1. The third-order valence-electron chi connectivity index (χ3n) is 8.99. The molecule has 3 atom stereocenters. The highest BCUT2D eigenvalue weighted by atomic mass is 16.5. The molecule has 224 valence electrons. The van der Waals surface area contributed by atoms with Crippen LogP contribution in [-0.2, 0) is 27.2 Å². The van der Waals surface area contributed by atoms with Gasteiger partial charge in [0.2, 0.25) is 5.78 Å². The van der Waals surface area contributed by atoms with E-state index in [0.717, 1.165) is 11.1 Å². The van der Waals surface area contributed by atoms with Crippen molar-refractivity contribution >= 4 is 29.0 Å². The number of ether oxygens (including phenoxy) is 1. The molecular weight excluding hydrogens is 566 g/mol. The van der Waals surface area contributed by atoms with Gasteiger partial charge in [-0.15, -0.1) is 0 Å². The minimum atomic E-state index is -2.61. The Morgan fingerprint density at radius 2 is 1.64 bits per heavy atom. The zero-order chi connectivity index (χ0) is 31.5. The summed E-state index contributed by atoms with van der Waals surface area (Å²) in [5.74, 6) is -6.10. The minimum Gasteiger partial charge on any atom is -0.508 e. The van der Waals surface area contributed by atoms with E-state index in [1.54, 1.807) is 37.4 Å². The number of carbonyl (C=O) groups is 4. The van der Waals surface area contributed by atoms with Crippen LogP contribution in [0.15, 0.2) is 77.6 Å². The maximum Gasteiger partial charge on any atom is 0.255 e. The number of aliphatic hydroxyl groups is 3. The molecule has 0 saturated heterocycles. The fourth-order valence-electron chi connectivity index (χ4n) is 6.76. The maximum atomic E-state index is 13.7. The van der Waals surface area contributed by atoms with Crippen LogP contribution in [-0.4, -0.2) is 56.4 Å². The summed E-state index contributed by atoms with van der Waals surface area (Å²) in [6, 6.07) is 17.3. The third-order valence-corrected chi connectivity index (χ3v) is 8.99. The molecule has 6 N–H and O–H groups in total. The molecule has 0 spiro atoms. The van der Waals surface area contributed by atoms with Crippen molar-refractivity contribution < 1.29 is 44.3 Å². The number of primary amides is 1. The van der Waals surface area contributed by atoms with E-state index < -0.39 is 52.0 Å². The van der Waals surface area contributed by atoms with Gasteiger partial charge in [0.25, 0.3) is 5.91 Å². The summed E-state index contributed by atoms with van der Waals surface area (Å²) in [7, 11) is 1.55. The largest absolute Gasteiger partial charge is 0.508 e. The Balaban J connectivity index is 1.34. The van der Waals surface area contributed by atoms with Crippen molar-refractivity contribution in [2.24, 2.45) is 17.6 Å². The van der Waals surface area contributed by atoms with E-state index in [2.05, 4.69) is 0 Å². The average molecular weight is 596 g/mol. The summed E-state index contributed by atoms with van der Waals surface area (Å²) < 4.78 is 5.14. The molecule has 0 radical (unpaired) electrons. The average Bonchev–Trinajstić information content (AvgIpc) is 2.99. The Hall–Kier alpha value is -5.22. The summed E-state index contributed by atoms with van der Waals surface area (Å²) in [5, 5.41) is 44.3. The van der Waals surface area contributed by atoms with E-state index in [-0.39, 0.29) is 48.4 Å². The van der Waals surface area contributed by atoms with E-state index in [1.807, 2.05) is 24.3 Å². The van der Waals surface area contributed by atoms with Crippen LogP contribution in [0.25, 0.3) is 16.9 Å². The molecule has 0 unspecified atom stereocenters. The van der Waals surface area contributed by atoms with E-state index in [1.165, 1.54) is 6.07 Å². The second kappa shape index (κ2) is 10.5. The second-order valence-electron chi connectivity index (χ2n) is 11.4. The van der Waals surface area contributed by atoms with E-state index in [9.17, 15) is 39.6 Å². The molecule has 3 aliphatic rings. The molecule has 0 heterocycles. The van der Waals surface area contributed by atoms with Gasteiger partial charge in [-0.05, 0) is 71.3 Å². The van der Waals surface area contributed by atoms with Crippen molar-refractivity contribution in [1.82, 2.24) is 0 Å². The molecule has 3 aromatic rings. The lowest BCUT2D eigenvalue weighted by atomic mass is 9.59. The number of carbonyl (C=O) groups excluding carboxylic acids is 4. The Morgan fingerprint density at radius 3 is 2.27 bits per heavy atom. The highest BCUT2D eigenvalue weighted by Gasteiger charge is 2.60. The molecule has 6 rings (SSSR count). The van der Waals surface area contributed by atoms with Crippen molar-refractivity contribution in [2.75, 3.05) is 7.11 Å². The second-order valence-corrected chi connectivity index (χ2v) is 11.4. The maximum absolute atomic E-state index is 13.7. The Bertz CT molecular complexity index is 1820. The molecule has 3 aliphatic carbocycles. The topological polar surface area (TPSA) is 184 Å². The number of hydrogen-bond acceptors (Lipinski definition) is 9. The number of aromatic hydroxyl groups is 1. The minimum absolute atomic E-state index is 0.0217. The summed E-state index contributed by atoms with van der Waals surface area (Å²) in [4.78, 5) is 50.9. The van der Waals surface area contributed by atoms with Crippen LogP contribution in [0.4, 0.5) is 0 Å². The first-order chi connectivity index (χ1) is 20.9. The van der Waals surface area contributed by atoms with Gasteiger partial charge in [0.1, 0.15) is 28.6 Å². The molecular formula is C34H29NO9. The SMILES string of the molecule is COc1ccc(C(=O)Cc2ccc(-c3ccc(O)c4c3C[C@H]3C[C@H]5CC(=O)C(C(N)=O)=C(O)[C@@]5(O)C(=O)C3=C4O)cc2)cc1. The van der Waals surface area contributed by atoms with Crippen LogP contribution in [0.3, 0.4) is 0 Å². The number of Topliss-reactive ketones (excluding diaryl/α,β-unsaturated/α-hetero) is 3. The van der Waals surface area contributed by atoms with Gasteiger partial charge in [-0.25, -0.2) is 0 Å². The van der Waals surface area contributed by atoms with Crippen LogP contribution in [0, 0.1) is 11.8 Å². The van der Waals surface area contributed by atoms with Crippen molar-refractivity contribution in [1.29, 1.82) is 0 Å². The quantitative estimate of drug-likeness (QED) is 0.210. The smallest absolute Gasteiger partial charge is 0.255 e. The van der Waals surface area contributed by atoms with Gasteiger partial charge < -0.3 is 30.9 Å². The number of nitrogens with two attached hydrogens (primary N) is 1. The molecule has 1 fully saturated rings. The van der Waals surface area contributed by atoms with E-state index in [0.29, 0.717) is 22.4 Å². The van der Waals surface area contributed by atoms with Crippen LogP contribution in [0.5, 0.6) is 11.5 Å². The van der Waals surface area contributed by atoms with Crippen LogP contribution in [0.1, 0.15) is 39.9 Å². The monoisotopic (exact) mass is 595 g/mol. The predicted octanol–water partition coefficient (Wildman–Crippen LogP) is 3.52. The van der Waals surface area contributed by atoms with E-state index >= 15 is 0 Å². The van der Waals surface area contributed by atoms with Crippen molar-refractivity contribution in [3.05, 3.63) is 99.8 Å². The molecule has 1 saturated carbocycles. The fraction of sp³-hybridized carbons (Fsp3) is 0.235. The molecule has 10 heteroatoms. The lowest BCUT2D eigenvalue weighted by Crippen LogP contribution is -2.58.